The molecule has 0 radical (unpaired) electrons. The minimum absolute atomic E-state index is 0.0128. The molecule has 19 heavy (non-hydrogen) atoms. The first kappa shape index (κ1) is 14.0. The van der Waals surface area contributed by atoms with E-state index >= 15 is 0 Å². The van der Waals surface area contributed by atoms with Gasteiger partial charge in [-0.05, 0) is 25.3 Å². The molecule has 0 saturated heterocycles. The smallest absolute Gasteiger partial charge is 0.398 e. The Morgan fingerprint density at radius 3 is 2.58 bits per heavy atom. The highest BCUT2D eigenvalue weighted by molar-refractivity contribution is 7.12. The largest absolute Gasteiger partial charge is 0.481 e. The second-order valence-corrected chi connectivity index (χ2v) is 5.77. The molecule has 7 heteroatoms. The molecule has 1 heterocycles. The minimum Gasteiger partial charge on any atom is -0.481 e. The Bertz CT molecular complexity index is 529. The van der Waals surface area contributed by atoms with E-state index in [1.54, 1.807) is 6.92 Å². The highest BCUT2D eigenvalue weighted by Crippen LogP contribution is 2.65. The summed E-state index contributed by atoms with van der Waals surface area (Å²) in [4.78, 5) is 15.0. The Labute approximate surface area is 111 Å². The molecule has 2 rings (SSSR count). The Morgan fingerprint density at radius 1 is 1.58 bits per heavy atom. The van der Waals surface area contributed by atoms with Crippen LogP contribution in [0.15, 0.2) is 12.3 Å². The van der Waals surface area contributed by atoms with Gasteiger partial charge in [0.2, 0.25) is 0 Å². The van der Waals surface area contributed by atoms with Crippen LogP contribution in [0.4, 0.5) is 13.2 Å². The van der Waals surface area contributed by atoms with Crippen LogP contribution in [0.25, 0.3) is 5.57 Å². The van der Waals surface area contributed by atoms with Crippen LogP contribution in [-0.4, -0.2) is 22.2 Å². The molecule has 1 N–H and O–H groups in total. The maximum atomic E-state index is 13.2. The van der Waals surface area contributed by atoms with E-state index in [0.29, 0.717) is 9.88 Å². The highest BCUT2D eigenvalue weighted by atomic mass is 32.1. The summed E-state index contributed by atoms with van der Waals surface area (Å²) in [5.41, 5.74) is -1.81. The maximum absolute atomic E-state index is 13.2. The summed E-state index contributed by atoms with van der Waals surface area (Å²) in [6.07, 6.45) is -2.17. The molecule has 0 amide bonds. The van der Waals surface area contributed by atoms with Gasteiger partial charge in [0.05, 0.1) is 21.7 Å². The number of thiazole rings is 1. The van der Waals surface area contributed by atoms with E-state index in [2.05, 4.69) is 4.98 Å². The fraction of sp³-hybridized carbons (Fsp3) is 0.500. The van der Waals surface area contributed by atoms with E-state index in [4.69, 9.17) is 5.11 Å². The molecular weight excluding hydrogens is 279 g/mol. The molecule has 0 aliphatic heterocycles. The number of alkyl halides is 3. The molecule has 1 aliphatic carbocycles. The number of hydrogen-bond acceptors (Lipinski definition) is 3. The number of carboxylic acid groups (broad SMARTS) is 1. The number of nitrogens with zero attached hydrogens (tertiary/aromatic N) is 1. The predicted molar refractivity (Wildman–Crippen MR) is 64.8 cm³/mol. The third-order valence-corrected chi connectivity index (χ3v) is 4.12. The quantitative estimate of drug-likeness (QED) is 0.921. The maximum Gasteiger partial charge on any atom is 0.398 e. The lowest BCUT2D eigenvalue weighted by atomic mass is 9.93. The molecule has 104 valence electrons. The Kier molecular flexibility index (Phi) is 3.42. The third kappa shape index (κ3) is 2.65. The minimum atomic E-state index is -4.35. The average Bonchev–Trinajstić information content (AvgIpc) is 2.97. The number of carboxylic acids is 1. The van der Waals surface area contributed by atoms with Crippen LogP contribution in [0.3, 0.4) is 0 Å². The van der Waals surface area contributed by atoms with Gasteiger partial charge in [-0.1, -0.05) is 6.08 Å². The number of carbonyl (C=O) groups is 1. The van der Waals surface area contributed by atoms with E-state index in [1.165, 1.54) is 12.3 Å². The van der Waals surface area contributed by atoms with Crippen molar-refractivity contribution >= 4 is 22.9 Å². The summed E-state index contributed by atoms with van der Waals surface area (Å²) in [5.74, 6) is -1.14. The Hall–Kier alpha value is -1.37. The van der Waals surface area contributed by atoms with Gasteiger partial charge in [-0.15, -0.1) is 11.3 Å². The SMILES string of the molecule is Cc1ncc(/C(=C/CC(=O)O)C2(C(F)(F)F)CC2)s1. The Balaban J connectivity index is 2.42. The Morgan fingerprint density at radius 2 is 2.21 bits per heavy atom. The van der Waals surface area contributed by atoms with E-state index < -0.39 is 24.0 Å². The van der Waals surface area contributed by atoms with Gasteiger partial charge >= 0.3 is 12.1 Å². The van der Waals surface area contributed by atoms with Gasteiger partial charge in [0.15, 0.2) is 0 Å². The molecule has 0 unspecified atom stereocenters. The molecule has 0 spiro atoms. The molecule has 1 aliphatic rings. The van der Waals surface area contributed by atoms with Gasteiger partial charge < -0.3 is 5.11 Å². The van der Waals surface area contributed by atoms with Crippen LogP contribution in [0, 0.1) is 12.3 Å². The second kappa shape index (κ2) is 4.63. The van der Waals surface area contributed by atoms with Crippen LogP contribution < -0.4 is 0 Å². The van der Waals surface area contributed by atoms with Crippen LogP contribution in [0.2, 0.25) is 0 Å². The molecule has 1 aromatic heterocycles. The number of hydrogen-bond donors (Lipinski definition) is 1. The number of aryl methyl sites for hydroxylation is 1. The third-order valence-electron chi connectivity index (χ3n) is 3.18. The van der Waals surface area contributed by atoms with Crippen molar-refractivity contribution in [2.45, 2.75) is 32.4 Å². The van der Waals surface area contributed by atoms with Crippen molar-refractivity contribution in [1.29, 1.82) is 0 Å². The number of aliphatic carboxylic acids is 1. The summed E-state index contributed by atoms with van der Waals surface area (Å²) in [6.45, 7) is 1.70. The lowest BCUT2D eigenvalue weighted by Crippen LogP contribution is -2.25. The molecule has 0 aromatic carbocycles. The number of halogens is 3. The standard InChI is InChI=1S/C12H12F3NO2S/c1-7-16-6-9(19-7)8(2-3-10(17)18)11(4-5-11)12(13,14)15/h2,6H,3-5H2,1H3,(H,17,18)/b8-2-. The van der Waals surface area contributed by atoms with Crippen molar-refractivity contribution in [3.05, 3.63) is 22.2 Å². The lowest BCUT2D eigenvalue weighted by Gasteiger charge is -2.21. The summed E-state index contributed by atoms with van der Waals surface area (Å²) < 4.78 is 39.5. The van der Waals surface area contributed by atoms with Crippen molar-refractivity contribution in [2.75, 3.05) is 0 Å². The van der Waals surface area contributed by atoms with Gasteiger partial charge in [0.1, 0.15) is 0 Å². The van der Waals surface area contributed by atoms with Crippen molar-refractivity contribution in [3.8, 4) is 0 Å². The predicted octanol–water partition coefficient (Wildman–Crippen LogP) is 3.65. The second-order valence-electron chi connectivity index (χ2n) is 4.54. The van der Waals surface area contributed by atoms with Crippen LogP contribution >= 0.6 is 11.3 Å². The van der Waals surface area contributed by atoms with Crippen LogP contribution in [-0.2, 0) is 4.79 Å². The van der Waals surface area contributed by atoms with E-state index in [1.807, 2.05) is 0 Å². The lowest BCUT2D eigenvalue weighted by molar-refractivity contribution is -0.168. The summed E-state index contributed by atoms with van der Waals surface area (Å²) >= 11 is 1.16. The molecule has 1 fully saturated rings. The van der Waals surface area contributed by atoms with Crippen LogP contribution in [0.1, 0.15) is 29.1 Å². The number of aromatic nitrogens is 1. The summed E-state index contributed by atoms with van der Waals surface area (Å²) in [6, 6.07) is 0. The zero-order valence-corrected chi connectivity index (χ0v) is 10.9. The molecule has 3 nitrogen and oxygen atoms in total. The average molecular weight is 291 g/mol. The highest BCUT2D eigenvalue weighted by Gasteiger charge is 2.65. The normalized spacial score (nSPS) is 18.4. The van der Waals surface area contributed by atoms with Gasteiger partial charge in [-0.25, -0.2) is 4.98 Å². The van der Waals surface area contributed by atoms with E-state index in [-0.39, 0.29) is 18.4 Å². The van der Waals surface area contributed by atoms with Crippen molar-refractivity contribution in [2.24, 2.45) is 5.41 Å². The fourth-order valence-electron chi connectivity index (χ4n) is 2.04. The fourth-order valence-corrected chi connectivity index (χ4v) is 2.96. The zero-order chi connectivity index (χ0) is 14.3. The first-order valence-electron chi connectivity index (χ1n) is 5.68. The molecule has 0 bridgehead atoms. The first-order valence-corrected chi connectivity index (χ1v) is 6.50. The molecular formula is C12H12F3NO2S. The van der Waals surface area contributed by atoms with Gasteiger partial charge in [0, 0.05) is 6.20 Å². The first-order chi connectivity index (χ1) is 8.76. The number of rotatable bonds is 4. The van der Waals surface area contributed by atoms with Gasteiger partial charge in [-0.2, -0.15) is 13.2 Å². The van der Waals surface area contributed by atoms with Crippen LogP contribution in [0.5, 0.6) is 0 Å². The molecule has 1 saturated carbocycles. The monoisotopic (exact) mass is 291 g/mol. The van der Waals surface area contributed by atoms with E-state index in [9.17, 15) is 18.0 Å². The van der Waals surface area contributed by atoms with Gasteiger partial charge in [-0.3, -0.25) is 4.79 Å². The molecule has 1 aromatic rings. The summed E-state index contributed by atoms with van der Waals surface area (Å²) in [5, 5.41) is 9.33. The van der Waals surface area contributed by atoms with E-state index in [0.717, 1.165) is 11.3 Å². The van der Waals surface area contributed by atoms with Crippen molar-refractivity contribution in [3.63, 3.8) is 0 Å². The van der Waals surface area contributed by atoms with Crippen molar-refractivity contribution in [1.82, 2.24) is 4.98 Å². The molecule has 0 atom stereocenters. The topological polar surface area (TPSA) is 50.2 Å². The number of allylic oxidation sites excluding steroid dienone is 1. The summed E-state index contributed by atoms with van der Waals surface area (Å²) in [7, 11) is 0. The van der Waals surface area contributed by atoms with Gasteiger partial charge in [0.25, 0.3) is 0 Å². The zero-order valence-electron chi connectivity index (χ0n) is 10.1. The van der Waals surface area contributed by atoms with Crippen molar-refractivity contribution < 1.29 is 23.1 Å².